The van der Waals surface area contributed by atoms with Gasteiger partial charge in [0, 0.05) is 0 Å². The molecule has 0 aromatic carbocycles. The van der Waals surface area contributed by atoms with E-state index in [0.717, 1.165) is 0 Å². The minimum Gasteiger partial charge on any atom is -0.563 e. The van der Waals surface area contributed by atoms with E-state index >= 15 is 0 Å². The molecule has 0 aromatic rings. The monoisotopic (exact) mass is 148 g/mol. The molecule has 0 bridgehead atoms. The van der Waals surface area contributed by atoms with Gasteiger partial charge < -0.3 is 5.11 Å². The van der Waals surface area contributed by atoms with Crippen molar-refractivity contribution in [1.82, 2.24) is 0 Å². The summed E-state index contributed by atoms with van der Waals surface area (Å²) in [7, 11) is 0. The molecule has 0 amide bonds. The summed E-state index contributed by atoms with van der Waals surface area (Å²) >= 11 is 0. The Morgan fingerprint density at radius 3 is 1.40 bits per heavy atom. The maximum atomic E-state index is 7.97. The largest absolute Gasteiger partial charge is 3.00 e. The van der Waals surface area contributed by atoms with E-state index in [0.29, 0.717) is 6.10 Å². The third-order valence-corrected chi connectivity index (χ3v) is 0. The van der Waals surface area contributed by atoms with Gasteiger partial charge in [0.2, 0.25) is 0 Å². The number of rotatable bonds is 0. The summed E-state index contributed by atoms with van der Waals surface area (Å²) in [5, 5.41) is 7.97. The molecule has 1 nitrogen and oxygen atoms in total. The summed E-state index contributed by atoms with van der Waals surface area (Å²) in [5.41, 5.74) is 0. The molecule has 0 atom stereocenters. The smallest absolute Gasteiger partial charge is 0.563 e. The first-order valence-corrected chi connectivity index (χ1v) is 1.22. The second-order valence-electron chi connectivity index (χ2n) is 0.947. The van der Waals surface area contributed by atoms with E-state index in [1.807, 2.05) is 0 Å². The van der Waals surface area contributed by atoms with Crippen LogP contribution in [-0.4, -0.2) is 5.11 Å². The van der Waals surface area contributed by atoms with Gasteiger partial charge in [0.1, 0.15) is 0 Å². The van der Waals surface area contributed by atoms with Crippen molar-refractivity contribution < 1.29 is 37.8 Å². The second-order valence-corrected chi connectivity index (χ2v) is 0.947. The Hall–Kier alpha value is 1.06. The van der Waals surface area contributed by atoms with E-state index in [2.05, 4.69) is 0 Å². The molecule has 0 saturated heterocycles. The predicted octanol–water partition coefficient (Wildman–Crippen LogP) is 0.928. The molecule has 0 aliphatic rings. The average Bonchev–Trinajstić information content (AvgIpc) is 0.811. The molecule has 0 aliphatic heterocycles. The van der Waals surface area contributed by atoms with Crippen LogP contribution in [0.4, 0.5) is 0 Å². The molecule has 0 aromatic heterocycles. The first-order chi connectivity index (χ1) is 1.73. The summed E-state index contributed by atoms with van der Waals surface area (Å²) in [5.74, 6) is 0. The predicted molar refractivity (Wildman–Crippen MR) is 16.5 cm³/mol. The summed E-state index contributed by atoms with van der Waals surface area (Å²) in [4.78, 5) is 0. The topological polar surface area (TPSA) is 20.2 Å². The molecular weight excluding hydrogens is 141 g/mol. The first kappa shape index (κ1) is 9.42. The van der Waals surface area contributed by atoms with Gasteiger partial charge in [0.15, 0.2) is 0 Å². The standard InChI is InChI=1S/C3H7O.Y/c1-3(2)4;/h4H,1-2H3;/q-1;+3. The fraction of sp³-hybridized carbons (Fsp3) is 0.667. The Balaban J connectivity index is 0. The summed E-state index contributed by atoms with van der Waals surface area (Å²) in [6, 6.07) is 0. The Morgan fingerprint density at radius 2 is 1.40 bits per heavy atom. The van der Waals surface area contributed by atoms with Crippen LogP contribution < -0.4 is 0 Å². The SMILES string of the molecule is C[C-](C)O.[Y+3]. The minimum absolute atomic E-state index is 0. The van der Waals surface area contributed by atoms with Crippen molar-refractivity contribution >= 4 is 0 Å². The van der Waals surface area contributed by atoms with E-state index < -0.39 is 0 Å². The van der Waals surface area contributed by atoms with Gasteiger partial charge in [-0.3, -0.25) is 0 Å². The van der Waals surface area contributed by atoms with Crippen LogP contribution in [0.1, 0.15) is 13.8 Å². The van der Waals surface area contributed by atoms with E-state index in [9.17, 15) is 0 Å². The van der Waals surface area contributed by atoms with Gasteiger partial charge in [-0.15, -0.1) is 0 Å². The third-order valence-electron chi connectivity index (χ3n) is 0. The Kier molecular flexibility index (Phi) is 9.54. The summed E-state index contributed by atoms with van der Waals surface area (Å²) in [6.45, 7) is 3.28. The molecule has 1 N–H and O–H groups in total. The maximum absolute atomic E-state index is 7.97. The molecule has 26 valence electrons. The van der Waals surface area contributed by atoms with Crippen molar-refractivity contribution in [3.8, 4) is 0 Å². The van der Waals surface area contributed by atoms with Gasteiger partial charge in [0.05, 0.1) is 0 Å². The van der Waals surface area contributed by atoms with Crippen molar-refractivity contribution in [2.75, 3.05) is 0 Å². The molecule has 2 heteroatoms. The van der Waals surface area contributed by atoms with Crippen LogP contribution in [0.2, 0.25) is 0 Å². The van der Waals surface area contributed by atoms with Gasteiger partial charge in [-0.05, 0) is 0 Å². The molecule has 0 aliphatic carbocycles. The van der Waals surface area contributed by atoms with Crippen molar-refractivity contribution in [1.29, 1.82) is 0 Å². The van der Waals surface area contributed by atoms with Crippen LogP contribution >= 0.6 is 0 Å². The van der Waals surface area contributed by atoms with E-state index in [4.69, 9.17) is 5.11 Å². The van der Waals surface area contributed by atoms with Gasteiger partial charge in [-0.2, -0.15) is 13.8 Å². The maximum Gasteiger partial charge on any atom is 3.00 e. The molecule has 0 saturated carbocycles. The molecule has 0 radical (unpaired) electrons. The molecular formula is C3H7OY+2. The second kappa shape index (κ2) is 5.06. The molecule has 0 unspecified atom stereocenters. The third kappa shape index (κ3) is 42.0. The Labute approximate surface area is 57.6 Å². The van der Waals surface area contributed by atoms with Crippen LogP contribution in [0.15, 0.2) is 0 Å². The number of aliphatic hydroxyl groups excluding tert-OH is 1. The summed E-state index contributed by atoms with van der Waals surface area (Å²) < 4.78 is 0. The molecule has 0 rings (SSSR count). The fourth-order valence-electron chi connectivity index (χ4n) is 0. The van der Waals surface area contributed by atoms with Gasteiger partial charge in [0.25, 0.3) is 0 Å². The van der Waals surface area contributed by atoms with Crippen LogP contribution in [0.3, 0.4) is 0 Å². The van der Waals surface area contributed by atoms with Gasteiger partial charge >= 0.3 is 32.7 Å². The van der Waals surface area contributed by atoms with Crippen LogP contribution in [0.5, 0.6) is 0 Å². The molecule has 0 heterocycles. The van der Waals surface area contributed by atoms with Crippen LogP contribution in [0.25, 0.3) is 0 Å². The first-order valence-electron chi connectivity index (χ1n) is 1.22. The zero-order chi connectivity index (χ0) is 3.58. The van der Waals surface area contributed by atoms with E-state index in [-0.39, 0.29) is 32.7 Å². The van der Waals surface area contributed by atoms with Crippen LogP contribution in [0, 0.1) is 6.10 Å². The number of hydrogen-bond acceptors (Lipinski definition) is 1. The van der Waals surface area contributed by atoms with Crippen molar-refractivity contribution in [2.24, 2.45) is 0 Å². The fourth-order valence-corrected chi connectivity index (χ4v) is 0. The number of hydrogen-bond donors (Lipinski definition) is 1. The minimum atomic E-state index is 0. The zero-order valence-corrected chi connectivity index (χ0v) is 6.36. The molecule has 5 heavy (non-hydrogen) atoms. The molecule has 0 spiro atoms. The normalized spacial score (nSPS) is 7.20. The summed E-state index contributed by atoms with van der Waals surface area (Å²) in [6.07, 6.45) is 0.417. The van der Waals surface area contributed by atoms with E-state index in [1.54, 1.807) is 13.8 Å². The Bertz CT molecular complexity index is 11.6. The van der Waals surface area contributed by atoms with Crippen molar-refractivity contribution in [2.45, 2.75) is 13.8 Å². The van der Waals surface area contributed by atoms with Gasteiger partial charge in [-0.1, -0.05) is 0 Å². The van der Waals surface area contributed by atoms with Crippen molar-refractivity contribution in [3.63, 3.8) is 0 Å². The molecule has 0 fully saturated rings. The quantitative estimate of drug-likeness (QED) is 0.506. The van der Waals surface area contributed by atoms with Crippen LogP contribution in [-0.2, 0) is 32.7 Å². The number of aliphatic hydroxyl groups is 1. The zero-order valence-electron chi connectivity index (χ0n) is 3.52. The van der Waals surface area contributed by atoms with Gasteiger partial charge in [-0.25, -0.2) is 6.10 Å². The average molecular weight is 148 g/mol. The Morgan fingerprint density at radius 1 is 1.40 bits per heavy atom. The van der Waals surface area contributed by atoms with Crippen molar-refractivity contribution in [3.05, 3.63) is 6.10 Å². The van der Waals surface area contributed by atoms with E-state index in [1.165, 1.54) is 0 Å².